The summed E-state index contributed by atoms with van der Waals surface area (Å²) in [6.07, 6.45) is 2.15. The smallest absolute Gasteiger partial charge is 0.404 e. The maximum absolute atomic E-state index is 11.3. The Labute approximate surface area is 259 Å². The first-order chi connectivity index (χ1) is 20.4. The Morgan fingerprint density at radius 1 is 1.14 bits per heavy atom. The molecule has 2 bridgehead atoms. The van der Waals surface area contributed by atoms with Crippen LogP contribution in [-0.2, 0) is 25.1 Å². The van der Waals surface area contributed by atoms with Gasteiger partial charge in [0.25, 0.3) is 0 Å². The highest BCUT2D eigenvalue weighted by atomic mass is 35.5. The largest absolute Gasteiger partial charge is 0.465 e. The number of amides is 1. The molecule has 0 spiro atoms. The van der Waals surface area contributed by atoms with Crippen molar-refractivity contribution in [2.75, 3.05) is 11.5 Å². The van der Waals surface area contributed by atoms with E-state index < -0.39 is 14.2 Å². The Morgan fingerprint density at radius 3 is 2.51 bits per heavy atom. The van der Waals surface area contributed by atoms with E-state index >= 15 is 0 Å². The van der Waals surface area contributed by atoms with Crippen LogP contribution in [0.3, 0.4) is 0 Å². The van der Waals surface area contributed by atoms with Crippen LogP contribution >= 0.6 is 23.2 Å². The van der Waals surface area contributed by atoms with E-state index in [1.54, 1.807) is 16.4 Å². The lowest BCUT2D eigenvalue weighted by molar-refractivity contribution is 0.0814. The maximum atomic E-state index is 11.3. The third-order valence-corrected chi connectivity index (χ3v) is 10.9. The van der Waals surface area contributed by atoms with Gasteiger partial charge >= 0.3 is 6.09 Å². The van der Waals surface area contributed by atoms with Crippen molar-refractivity contribution in [2.45, 2.75) is 82.8 Å². The molecule has 0 saturated carbocycles. The Kier molecular flexibility index (Phi) is 8.05. The van der Waals surface area contributed by atoms with Crippen LogP contribution in [0.2, 0.25) is 35.9 Å². The van der Waals surface area contributed by atoms with Crippen molar-refractivity contribution >= 4 is 65.3 Å². The van der Waals surface area contributed by atoms with Gasteiger partial charge in [-0.25, -0.2) is 19.4 Å². The minimum atomic E-state index is -1.30. The summed E-state index contributed by atoms with van der Waals surface area (Å²) in [6, 6.07) is 4.76. The number of hydrogen-bond acceptors (Lipinski definition) is 8. The zero-order valence-corrected chi connectivity index (χ0v) is 27.2. The number of rotatable bonds is 9. The molecule has 2 aliphatic heterocycles. The van der Waals surface area contributed by atoms with Gasteiger partial charge < -0.3 is 25.2 Å². The molecule has 2 fully saturated rings. The van der Waals surface area contributed by atoms with E-state index in [1.165, 1.54) is 0 Å². The van der Waals surface area contributed by atoms with Gasteiger partial charge in [0.1, 0.15) is 28.8 Å². The lowest BCUT2D eigenvalue weighted by Gasteiger charge is -2.40. The SMILES string of the molecule is Cn1nc2ccc(-c3nn(COCC[Si](C)(C)C)c4nc(N5[C@@H]6CC[C@H]5CC(NC(=O)O)C6)c(CO)nc34)c(Cl)c2c1Cl. The molecule has 12 nitrogen and oxygen atoms in total. The quantitative estimate of drug-likeness (QED) is 0.164. The summed E-state index contributed by atoms with van der Waals surface area (Å²) in [7, 11) is 0.460. The third kappa shape index (κ3) is 5.68. The number of aryl methyl sites for hydroxylation is 1. The highest BCUT2D eigenvalue weighted by Gasteiger charge is 2.43. The first-order valence-corrected chi connectivity index (χ1v) is 19.0. The van der Waals surface area contributed by atoms with Crippen molar-refractivity contribution in [3.05, 3.63) is 28.0 Å². The molecule has 2 saturated heterocycles. The van der Waals surface area contributed by atoms with E-state index in [9.17, 15) is 15.0 Å². The predicted octanol–water partition coefficient (Wildman–Crippen LogP) is 5.26. The molecule has 0 aliphatic carbocycles. The predicted molar refractivity (Wildman–Crippen MR) is 169 cm³/mol. The zero-order chi connectivity index (χ0) is 30.6. The maximum Gasteiger partial charge on any atom is 0.404 e. The summed E-state index contributed by atoms with van der Waals surface area (Å²) in [4.78, 5) is 23.6. The second-order valence-corrected chi connectivity index (χ2v) is 19.0. The number of aliphatic hydroxyl groups excluding tert-OH is 1. The number of carboxylic acid groups (broad SMARTS) is 1. The second kappa shape index (κ2) is 11.5. The number of nitrogens with zero attached hydrogens (tertiary/aromatic N) is 7. The number of nitrogens with one attached hydrogen (secondary N) is 1. The number of piperidine rings is 1. The van der Waals surface area contributed by atoms with Gasteiger partial charge in [0.2, 0.25) is 0 Å². The fraction of sp³-hybridized carbons (Fsp3) is 0.536. The molecule has 1 aromatic carbocycles. The Hall–Kier alpha value is -2.97. The van der Waals surface area contributed by atoms with Crippen molar-refractivity contribution < 1.29 is 19.7 Å². The Balaban J connectivity index is 1.45. The summed E-state index contributed by atoms with van der Waals surface area (Å²) in [6.45, 7) is 7.38. The average Bonchev–Trinajstić information content (AvgIpc) is 3.53. The molecule has 15 heteroatoms. The van der Waals surface area contributed by atoms with Crippen LogP contribution in [0.1, 0.15) is 31.4 Å². The number of halogens is 2. The average molecular weight is 648 g/mol. The fourth-order valence-electron chi connectivity index (χ4n) is 6.33. The van der Waals surface area contributed by atoms with Crippen molar-refractivity contribution in [3.8, 4) is 11.3 Å². The number of aliphatic hydroxyl groups is 1. The van der Waals surface area contributed by atoms with Gasteiger partial charge in [0.15, 0.2) is 11.5 Å². The highest BCUT2D eigenvalue weighted by molar-refractivity contribution is 6.76. The van der Waals surface area contributed by atoms with E-state index in [0.29, 0.717) is 74.5 Å². The number of fused-ring (bicyclic) bond motifs is 4. The van der Waals surface area contributed by atoms with Gasteiger partial charge in [-0.1, -0.05) is 42.8 Å². The highest BCUT2D eigenvalue weighted by Crippen LogP contribution is 2.42. The minimum absolute atomic E-state index is 0.0843. The molecule has 3 aromatic heterocycles. The normalized spacial score (nSPS) is 20.4. The third-order valence-electron chi connectivity index (χ3n) is 8.41. The summed E-state index contributed by atoms with van der Waals surface area (Å²) < 4.78 is 9.38. The lowest BCUT2D eigenvalue weighted by Crippen LogP contribution is -2.51. The van der Waals surface area contributed by atoms with Crippen molar-refractivity contribution in [1.82, 2.24) is 34.8 Å². The second-order valence-electron chi connectivity index (χ2n) is 12.7. The van der Waals surface area contributed by atoms with Crippen LogP contribution in [0.5, 0.6) is 0 Å². The summed E-state index contributed by atoms with van der Waals surface area (Å²) in [5, 5.41) is 33.2. The van der Waals surface area contributed by atoms with E-state index in [1.807, 2.05) is 12.1 Å². The van der Waals surface area contributed by atoms with Crippen molar-refractivity contribution in [3.63, 3.8) is 0 Å². The zero-order valence-electron chi connectivity index (χ0n) is 24.6. The molecular weight excluding hydrogens is 611 g/mol. The molecule has 3 N–H and O–H groups in total. The minimum Gasteiger partial charge on any atom is -0.465 e. The van der Waals surface area contributed by atoms with Gasteiger partial charge in [0.05, 0.1) is 22.5 Å². The van der Waals surface area contributed by atoms with Gasteiger partial charge in [-0.15, -0.1) is 0 Å². The summed E-state index contributed by atoms with van der Waals surface area (Å²) >= 11 is 13.5. The standard InChI is InChI=1S/C28H36Cl2N8O4Si/c1-36-25(30)21-19(34-36)8-7-18(22(21)29)23-24-27(37(35-23)14-42-9-10-43(2,3)4)33-26(20(13-39)32-24)38-16-5-6-17(38)12-15(11-16)31-28(40)41/h7-8,15-17,31,39H,5-6,9-14H2,1-4H3,(H,40,41)/t15?,16-,17+. The van der Waals surface area contributed by atoms with E-state index in [-0.39, 0.29) is 31.5 Å². The molecule has 230 valence electrons. The summed E-state index contributed by atoms with van der Waals surface area (Å²) in [5.74, 6) is 0.600. The molecule has 6 rings (SSSR count). The van der Waals surface area contributed by atoms with Gasteiger partial charge in [0, 0.05) is 45.4 Å². The molecule has 1 unspecified atom stereocenters. The molecule has 0 radical (unpaired) electrons. The fourth-order valence-corrected chi connectivity index (χ4v) is 7.70. The lowest BCUT2D eigenvalue weighted by atomic mass is 9.97. The number of carbonyl (C=O) groups is 1. The monoisotopic (exact) mass is 646 g/mol. The van der Waals surface area contributed by atoms with Gasteiger partial charge in [-0.3, -0.25) is 4.68 Å². The van der Waals surface area contributed by atoms with Crippen LogP contribution in [0.25, 0.3) is 33.3 Å². The Bertz CT molecular complexity index is 1690. The van der Waals surface area contributed by atoms with Crippen LogP contribution in [-0.4, -0.2) is 78.6 Å². The molecule has 43 heavy (non-hydrogen) atoms. The molecule has 4 aromatic rings. The van der Waals surface area contributed by atoms with E-state index in [4.69, 9.17) is 43.0 Å². The summed E-state index contributed by atoms with van der Waals surface area (Å²) in [5.41, 5.74) is 3.26. The first kappa shape index (κ1) is 30.1. The van der Waals surface area contributed by atoms with Crippen LogP contribution < -0.4 is 10.2 Å². The number of hydrogen-bond donors (Lipinski definition) is 3. The molecule has 5 heterocycles. The topological polar surface area (TPSA) is 143 Å². The van der Waals surface area contributed by atoms with E-state index in [0.717, 1.165) is 18.9 Å². The molecule has 3 atom stereocenters. The van der Waals surface area contributed by atoms with Gasteiger partial charge in [-0.05, 0) is 43.9 Å². The molecule has 2 aliphatic rings. The number of benzene rings is 1. The Morgan fingerprint density at radius 2 is 1.86 bits per heavy atom. The van der Waals surface area contributed by atoms with Crippen LogP contribution in [0.4, 0.5) is 10.6 Å². The van der Waals surface area contributed by atoms with Gasteiger partial charge in [-0.2, -0.15) is 10.2 Å². The molecule has 1 amide bonds. The number of anilines is 1. The van der Waals surface area contributed by atoms with Crippen molar-refractivity contribution in [1.29, 1.82) is 0 Å². The first-order valence-electron chi connectivity index (χ1n) is 14.5. The van der Waals surface area contributed by atoms with Crippen LogP contribution in [0, 0.1) is 0 Å². The van der Waals surface area contributed by atoms with Crippen LogP contribution in [0.15, 0.2) is 12.1 Å². The number of ether oxygens (including phenoxy) is 1. The van der Waals surface area contributed by atoms with Crippen molar-refractivity contribution in [2.24, 2.45) is 7.05 Å². The molecular formula is C28H36Cl2N8O4Si. The van der Waals surface area contributed by atoms with E-state index in [2.05, 4.69) is 35.0 Å². The number of aromatic nitrogens is 6.